The lowest BCUT2D eigenvalue weighted by atomic mass is 9.88. The summed E-state index contributed by atoms with van der Waals surface area (Å²) in [6.07, 6.45) is 8.80. The van der Waals surface area contributed by atoms with Gasteiger partial charge in [-0.15, -0.1) is 0 Å². The van der Waals surface area contributed by atoms with Crippen molar-refractivity contribution >= 4 is 5.97 Å². The third-order valence-corrected chi connectivity index (χ3v) is 4.62. The van der Waals surface area contributed by atoms with Crippen molar-refractivity contribution < 1.29 is 9.90 Å². The van der Waals surface area contributed by atoms with E-state index in [1.807, 2.05) is 20.9 Å². The quantitative estimate of drug-likeness (QED) is 0.751. The van der Waals surface area contributed by atoms with Crippen LogP contribution in [0.3, 0.4) is 0 Å². The molecule has 1 N–H and O–H groups in total. The van der Waals surface area contributed by atoms with Gasteiger partial charge in [0.1, 0.15) is 5.54 Å². The van der Waals surface area contributed by atoms with Crippen molar-refractivity contribution in [1.29, 1.82) is 0 Å². The van der Waals surface area contributed by atoms with Gasteiger partial charge in [-0.2, -0.15) is 0 Å². The molecule has 0 unspecified atom stereocenters. The third kappa shape index (κ3) is 3.01. The molecule has 1 aliphatic rings. The fourth-order valence-electron chi connectivity index (χ4n) is 3.20. The van der Waals surface area contributed by atoms with Gasteiger partial charge in [-0.1, -0.05) is 39.5 Å². The first-order valence-electron chi connectivity index (χ1n) is 7.04. The highest BCUT2D eigenvalue weighted by Crippen LogP contribution is 2.30. The number of nitrogens with zero attached hydrogens (tertiary/aromatic N) is 1. The maximum Gasteiger partial charge on any atom is 0.324 e. The minimum Gasteiger partial charge on any atom is -0.480 e. The summed E-state index contributed by atoms with van der Waals surface area (Å²) in [5, 5.41) is 9.55. The second kappa shape index (κ2) is 6.39. The van der Waals surface area contributed by atoms with E-state index in [1.54, 1.807) is 0 Å². The van der Waals surface area contributed by atoms with Gasteiger partial charge in [-0.25, -0.2) is 0 Å². The number of aliphatic carboxylic acids is 1. The van der Waals surface area contributed by atoms with Gasteiger partial charge >= 0.3 is 5.97 Å². The number of carboxylic acid groups (broad SMARTS) is 1. The molecular weight excluding hydrogens is 214 g/mol. The van der Waals surface area contributed by atoms with Crippen molar-refractivity contribution in [2.45, 2.75) is 76.8 Å². The molecule has 0 atom stereocenters. The van der Waals surface area contributed by atoms with Crippen LogP contribution in [0.4, 0.5) is 0 Å². The van der Waals surface area contributed by atoms with Crippen molar-refractivity contribution in [3.05, 3.63) is 0 Å². The third-order valence-electron chi connectivity index (χ3n) is 4.62. The van der Waals surface area contributed by atoms with Gasteiger partial charge in [0.15, 0.2) is 0 Å². The largest absolute Gasteiger partial charge is 0.480 e. The topological polar surface area (TPSA) is 40.5 Å². The summed E-state index contributed by atoms with van der Waals surface area (Å²) in [7, 11) is 2.01. The Bertz CT molecular complexity index is 241. The Morgan fingerprint density at radius 3 is 2.00 bits per heavy atom. The fourth-order valence-corrected chi connectivity index (χ4v) is 3.20. The average molecular weight is 241 g/mol. The Hall–Kier alpha value is -0.570. The Labute approximate surface area is 105 Å². The van der Waals surface area contributed by atoms with E-state index >= 15 is 0 Å². The normalized spacial score (nSPS) is 19.3. The van der Waals surface area contributed by atoms with Crippen molar-refractivity contribution in [2.24, 2.45) is 0 Å². The molecule has 1 fully saturated rings. The van der Waals surface area contributed by atoms with E-state index in [1.165, 1.54) is 25.7 Å². The van der Waals surface area contributed by atoms with Gasteiger partial charge in [0.25, 0.3) is 0 Å². The molecule has 1 saturated carbocycles. The first-order chi connectivity index (χ1) is 8.08. The summed E-state index contributed by atoms with van der Waals surface area (Å²) in [5.41, 5.74) is -0.658. The summed E-state index contributed by atoms with van der Waals surface area (Å²) >= 11 is 0. The number of likely N-dealkylation sites (N-methyl/N-ethyl adjacent to an activating group) is 1. The lowest BCUT2D eigenvalue weighted by Crippen LogP contribution is -2.56. The summed E-state index contributed by atoms with van der Waals surface area (Å²) in [5.74, 6) is -0.658. The Morgan fingerprint density at radius 1 is 1.18 bits per heavy atom. The number of hydrogen-bond donors (Lipinski definition) is 1. The van der Waals surface area contributed by atoms with E-state index < -0.39 is 11.5 Å². The molecule has 0 saturated heterocycles. The van der Waals surface area contributed by atoms with Crippen molar-refractivity contribution in [1.82, 2.24) is 4.90 Å². The predicted molar refractivity (Wildman–Crippen MR) is 70.2 cm³/mol. The van der Waals surface area contributed by atoms with Crippen LogP contribution in [0, 0.1) is 0 Å². The van der Waals surface area contributed by atoms with Crippen LogP contribution >= 0.6 is 0 Å². The summed E-state index contributed by atoms with van der Waals surface area (Å²) < 4.78 is 0. The smallest absolute Gasteiger partial charge is 0.324 e. The van der Waals surface area contributed by atoms with Gasteiger partial charge in [-0.05, 0) is 32.7 Å². The molecule has 0 bridgehead atoms. The standard InChI is InChI=1S/C14H27NO2/c1-4-14(5-2,13(16)17)15(3)12-10-8-6-7-9-11-12/h12H,4-11H2,1-3H3,(H,16,17). The molecule has 0 heterocycles. The van der Waals surface area contributed by atoms with Gasteiger partial charge in [0, 0.05) is 6.04 Å². The molecule has 1 rings (SSSR count). The number of carboxylic acids is 1. The first-order valence-corrected chi connectivity index (χ1v) is 7.04. The van der Waals surface area contributed by atoms with Crippen LogP contribution in [0.15, 0.2) is 0 Å². The Morgan fingerprint density at radius 2 is 1.65 bits per heavy atom. The molecule has 0 aliphatic heterocycles. The van der Waals surface area contributed by atoms with Gasteiger partial charge < -0.3 is 5.11 Å². The first kappa shape index (κ1) is 14.5. The lowest BCUT2D eigenvalue weighted by Gasteiger charge is -2.42. The van der Waals surface area contributed by atoms with Gasteiger partial charge in [-0.3, -0.25) is 9.69 Å². The molecule has 100 valence electrons. The highest BCUT2D eigenvalue weighted by Gasteiger charge is 2.41. The molecule has 17 heavy (non-hydrogen) atoms. The monoisotopic (exact) mass is 241 g/mol. The van der Waals surface area contributed by atoms with E-state index in [-0.39, 0.29) is 0 Å². The van der Waals surface area contributed by atoms with E-state index in [0.29, 0.717) is 18.9 Å². The van der Waals surface area contributed by atoms with Crippen LogP contribution in [0.5, 0.6) is 0 Å². The fraction of sp³-hybridized carbons (Fsp3) is 0.929. The highest BCUT2D eigenvalue weighted by atomic mass is 16.4. The molecule has 0 aromatic carbocycles. The maximum absolute atomic E-state index is 11.6. The highest BCUT2D eigenvalue weighted by molar-refractivity contribution is 5.78. The van der Waals surface area contributed by atoms with Crippen LogP contribution < -0.4 is 0 Å². The second-order valence-electron chi connectivity index (χ2n) is 5.30. The molecule has 1 aliphatic carbocycles. The van der Waals surface area contributed by atoms with E-state index in [4.69, 9.17) is 0 Å². The zero-order valence-electron chi connectivity index (χ0n) is 11.5. The van der Waals surface area contributed by atoms with Crippen LogP contribution in [0.2, 0.25) is 0 Å². The van der Waals surface area contributed by atoms with Gasteiger partial charge in [0.05, 0.1) is 0 Å². The van der Waals surface area contributed by atoms with Crippen LogP contribution in [-0.4, -0.2) is 34.6 Å². The molecule has 0 aromatic heterocycles. The molecule has 0 radical (unpaired) electrons. The summed E-state index contributed by atoms with van der Waals surface area (Å²) in [6, 6.07) is 0.452. The maximum atomic E-state index is 11.6. The lowest BCUT2D eigenvalue weighted by molar-refractivity contribution is -0.153. The zero-order chi connectivity index (χ0) is 12.9. The van der Waals surface area contributed by atoms with Crippen LogP contribution in [0.1, 0.15) is 65.2 Å². The van der Waals surface area contributed by atoms with E-state index in [2.05, 4.69) is 4.90 Å². The van der Waals surface area contributed by atoms with E-state index in [0.717, 1.165) is 12.8 Å². The van der Waals surface area contributed by atoms with E-state index in [9.17, 15) is 9.90 Å². The second-order valence-corrected chi connectivity index (χ2v) is 5.30. The zero-order valence-corrected chi connectivity index (χ0v) is 11.5. The average Bonchev–Trinajstić information content (AvgIpc) is 2.59. The van der Waals surface area contributed by atoms with Crippen molar-refractivity contribution in [3.8, 4) is 0 Å². The van der Waals surface area contributed by atoms with Gasteiger partial charge in [0.2, 0.25) is 0 Å². The summed E-state index contributed by atoms with van der Waals surface area (Å²) in [4.78, 5) is 13.8. The molecule has 3 nitrogen and oxygen atoms in total. The minimum absolute atomic E-state index is 0.452. The predicted octanol–water partition coefficient (Wildman–Crippen LogP) is 3.28. The van der Waals surface area contributed by atoms with Crippen LogP contribution in [0.25, 0.3) is 0 Å². The van der Waals surface area contributed by atoms with Crippen molar-refractivity contribution in [3.63, 3.8) is 0 Å². The summed E-state index contributed by atoms with van der Waals surface area (Å²) in [6.45, 7) is 3.98. The minimum atomic E-state index is -0.658. The molecule has 3 heteroatoms. The SMILES string of the molecule is CCC(CC)(C(=O)O)N(C)C1CCCCCC1. The Balaban J connectivity index is 2.82. The molecule has 0 amide bonds. The Kier molecular flexibility index (Phi) is 5.44. The number of carbonyl (C=O) groups is 1. The molecule has 0 spiro atoms. The van der Waals surface area contributed by atoms with Crippen LogP contribution in [-0.2, 0) is 4.79 Å². The number of rotatable bonds is 5. The van der Waals surface area contributed by atoms with Crippen molar-refractivity contribution in [2.75, 3.05) is 7.05 Å². The molecular formula is C14H27NO2. The molecule has 0 aromatic rings. The number of hydrogen-bond acceptors (Lipinski definition) is 2.